The molecule has 0 amide bonds. The molecule has 0 atom stereocenters. The first kappa shape index (κ1) is 32.4. The molecule has 274 valence electrons. The highest BCUT2D eigenvalue weighted by Crippen LogP contribution is 2.50. The molecular weight excluding hydrogens is 713 g/mol. The van der Waals surface area contributed by atoms with E-state index in [4.69, 9.17) is 9.72 Å². The van der Waals surface area contributed by atoms with Crippen LogP contribution in [-0.2, 0) is 7.05 Å². The van der Waals surface area contributed by atoms with Gasteiger partial charge < -0.3 is 23.0 Å². The second-order valence-corrected chi connectivity index (χ2v) is 14.7. The zero-order valence-electron chi connectivity index (χ0n) is 31.5. The summed E-state index contributed by atoms with van der Waals surface area (Å²) in [4.78, 5) is 5.04. The molecule has 0 radical (unpaired) electrons. The second-order valence-electron chi connectivity index (χ2n) is 14.7. The van der Waals surface area contributed by atoms with Crippen molar-refractivity contribution in [2.45, 2.75) is 0 Å². The van der Waals surface area contributed by atoms with Gasteiger partial charge in [-0.1, -0.05) is 91.0 Å². The van der Waals surface area contributed by atoms with Crippen molar-refractivity contribution in [2.75, 3.05) is 0 Å². The van der Waals surface area contributed by atoms with Crippen LogP contribution in [-0.4, -0.2) is 23.3 Å². The summed E-state index contributed by atoms with van der Waals surface area (Å²) in [5.74, 6) is 2.30. The van der Waals surface area contributed by atoms with Crippen LogP contribution in [0.1, 0.15) is 0 Å². The Hall–Kier alpha value is -7.90. The number of hydrogen-bond donors (Lipinski definition) is 0. The van der Waals surface area contributed by atoms with E-state index in [1.807, 2.05) is 59.0 Å². The lowest BCUT2D eigenvalue weighted by molar-refractivity contribution is -0.599. The fourth-order valence-corrected chi connectivity index (χ4v) is 9.03. The number of rotatable bonds is 6. The summed E-state index contributed by atoms with van der Waals surface area (Å²) in [5, 5.41) is 7.01. The number of fused-ring (bicyclic) bond motifs is 12. The standard InChI is InChI=1S/C51H34N6O/c1-53-29-30-54(33-53)36-19-14-20-37(31-36)58-38-26-27-41-44(32-38)57(45-25-12-13-28-52-45)51-47-40-22-9-11-24-43(40)55(34-15-4-2-5-16-34)49(47)46-39-21-8-10-23-42(39)56(50(46)48(41)51)35-17-6-3-7-18-35/h2-32H,1H3. The number of benzene rings is 7. The molecule has 58 heavy (non-hydrogen) atoms. The maximum atomic E-state index is 6.71. The molecule has 0 saturated heterocycles. The molecule has 0 aliphatic rings. The van der Waals surface area contributed by atoms with Crippen molar-refractivity contribution in [3.63, 3.8) is 0 Å². The normalized spacial score (nSPS) is 11.9. The summed E-state index contributed by atoms with van der Waals surface area (Å²) in [7, 11) is 1.97. The minimum atomic E-state index is 0.731. The molecule has 0 bridgehead atoms. The van der Waals surface area contributed by atoms with Crippen LogP contribution in [0.3, 0.4) is 0 Å². The number of pyridine rings is 1. The predicted octanol–water partition coefficient (Wildman–Crippen LogP) is 11.6. The Morgan fingerprint density at radius 1 is 0.500 bits per heavy atom. The molecule has 12 aromatic rings. The molecule has 5 heterocycles. The van der Waals surface area contributed by atoms with Gasteiger partial charge in [0.15, 0.2) is 0 Å². The van der Waals surface area contributed by atoms with Crippen molar-refractivity contribution < 1.29 is 9.30 Å². The van der Waals surface area contributed by atoms with E-state index in [2.05, 4.69) is 166 Å². The van der Waals surface area contributed by atoms with Crippen molar-refractivity contribution in [3.8, 4) is 34.4 Å². The molecule has 7 aromatic carbocycles. The Bertz CT molecular complexity index is 3530. The molecular formula is C51H34N6O. The molecule has 12 rings (SSSR count). The SMILES string of the molecule is Cn1[c-][n+](-c2cccc(Oc3ccc4c5c6c(c7ccccc7n6-c6ccccc6)c6c(c7ccccc7n6-c6ccccc6)c5n(-c5ccccn5)c4c3)c2)cc1. The average Bonchev–Trinajstić information content (AvgIpc) is 4.04. The number of ether oxygens (including phenoxy) is 1. The van der Waals surface area contributed by atoms with Gasteiger partial charge in [0.2, 0.25) is 6.33 Å². The molecule has 0 N–H and O–H groups in total. The van der Waals surface area contributed by atoms with Gasteiger partial charge in [-0.3, -0.25) is 4.57 Å². The third kappa shape index (κ3) is 4.74. The van der Waals surface area contributed by atoms with Crippen molar-refractivity contribution in [1.29, 1.82) is 0 Å². The number of para-hydroxylation sites is 4. The van der Waals surface area contributed by atoms with E-state index >= 15 is 0 Å². The molecule has 0 aliphatic heterocycles. The van der Waals surface area contributed by atoms with Gasteiger partial charge in [-0.05, 0) is 72.8 Å². The fourth-order valence-electron chi connectivity index (χ4n) is 9.03. The van der Waals surface area contributed by atoms with Crippen LogP contribution in [0, 0.1) is 6.33 Å². The van der Waals surface area contributed by atoms with Crippen LogP contribution in [0.15, 0.2) is 188 Å². The van der Waals surface area contributed by atoms with Gasteiger partial charge in [0, 0.05) is 68.3 Å². The lowest BCUT2D eigenvalue weighted by atomic mass is 10.0. The van der Waals surface area contributed by atoms with E-state index < -0.39 is 0 Å². The Balaban J connectivity index is 1.28. The third-order valence-corrected chi connectivity index (χ3v) is 11.3. The van der Waals surface area contributed by atoms with E-state index in [9.17, 15) is 0 Å². The molecule has 0 saturated carbocycles. The second kappa shape index (κ2) is 12.6. The molecule has 7 nitrogen and oxygen atoms in total. The topological polar surface area (TPSA) is 45.7 Å². The van der Waals surface area contributed by atoms with Crippen molar-refractivity contribution in [1.82, 2.24) is 23.3 Å². The van der Waals surface area contributed by atoms with E-state index in [0.29, 0.717) is 0 Å². The minimum Gasteiger partial charge on any atom is -0.458 e. The number of hydrogen-bond acceptors (Lipinski definition) is 2. The summed E-state index contributed by atoms with van der Waals surface area (Å²) in [5.41, 5.74) is 9.87. The summed E-state index contributed by atoms with van der Waals surface area (Å²) in [6, 6.07) is 59.9. The Morgan fingerprint density at radius 2 is 1.07 bits per heavy atom. The highest BCUT2D eigenvalue weighted by atomic mass is 16.5. The van der Waals surface area contributed by atoms with Crippen molar-refractivity contribution >= 4 is 65.4 Å². The average molecular weight is 747 g/mol. The Kier molecular flexibility index (Phi) is 7.01. The van der Waals surface area contributed by atoms with Crippen LogP contribution >= 0.6 is 0 Å². The number of aryl methyl sites for hydroxylation is 1. The van der Waals surface area contributed by atoms with Gasteiger partial charge in [0.25, 0.3) is 0 Å². The molecule has 7 heteroatoms. The van der Waals surface area contributed by atoms with Crippen molar-refractivity contribution in [2.24, 2.45) is 7.05 Å². The summed E-state index contributed by atoms with van der Waals surface area (Å²) >= 11 is 0. The smallest absolute Gasteiger partial charge is 0.243 e. The van der Waals surface area contributed by atoms with Gasteiger partial charge in [0.05, 0.1) is 45.8 Å². The predicted molar refractivity (Wildman–Crippen MR) is 233 cm³/mol. The number of aromatic nitrogens is 6. The highest BCUT2D eigenvalue weighted by Gasteiger charge is 2.29. The third-order valence-electron chi connectivity index (χ3n) is 11.3. The summed E-state index contributed by atoms with van der Waals surface area (Å²) in [6.07, 6.45) is 9.13. The molecule has 0 unspecified atom stereocenters. The van der Waals surface area contributed by atoms with Crippen LogP contribution < -0.4 is 9.30 Å². The van der Waals surface area contributed by atoms with E-state index in [-0.39, 0.29) is 0 Å². The lowest BCUT2D eigenvalue weighted by Crippen LogP contribution is -2.27. The Morgan fingerprint density at radius 3 is 1.67 bits per heavy atom. The van der Waals surface area contributed by atoms with E-state index in [0.717, 1.165) is 78.3 Å². The van der Waals surface area contributed by atoms with Crippen LogP contribution in [0.4, 0.5) is 0 Å². The minimum absolute atomic E-state index is 0.731. The number of nitrogens with zero attached hydrogens (tertiary/aromatic N) is 6. The molecule has 0 aliphatic carbocycles. The molecule has 0 spiro atoms. The molecule has 5 aromatic heterocycles. The summed E-state index contributed by atoms with van der Waals surface area (Å²) in [6.45, 7) is 0. The van der Waals surface area contributed by atoms with Gasteiger partial charge in [-0.25, -0.2) is 4.98 Å². The van der Waals surface area contributed by atoms with Crippen LogP contribution in [0.25, 0.3) is 88.3 Å². The Labute approximate surface area is 333 Å². The summed E-state index contributed by atoms with van der Waals surface area (Å²) < 4.78 is 17.8. The largest absolute Gasteiger partial charge is 0.458 e. The van der Waals surface area contributed by atoms with E-state index in [1.54, 1.807) is 0 Å². The van der Waals surface area contributed by atoms with Gasteiger partial charge in [-0.15, -0.1) is 0 Å². The maximum Gasteiger partial charge on any atom is 0.243 e. The van der Waals surface area contributed by atoms with Crippen LogP contribution in [0.5, 0.6) is 11.5 Å². The maximum absolute atomic E-state index is 6.71. The first-order chi connectivity index (χ1) is 28.7. The van der Waals surface area contributed by atoms with E-state index in [1.165, 1.54) is 21.5 Å². The highest BCUT2D eigenvalue weighted by molar-refractivity contribution is 6.40. The quantitative estimate of drug-likeness (QED) is 0.126. The van der Waals surface area contributed by atoms with Gasteiger partial charge >= 0.3 is 0 Å². The number of imidazole rings is 1. The van der Waals surface area contributed by atoms with Crippen LogP contribution in [0.2, 0.25) is 0 Å². The van der Waals surface area contributed by atoms with Gasteiger partial charge in [0.1, 0.15) is 17.3 Å². The van der Waals surface area contributed by atoms with Gasteiger partial charge in [-0.2, -0.15) is 0 Å². The fraction of sp³-hybridized carbons (Fsp3) is 0.0196. The lowest BCUT2D eigenvalue weighted by Gasteiger charge is -2.13. The zero-order chi connectivity index (χ0) is 38.3. The zero-order valence-corrected chi connectivity index (χ0v) is 31.5. The van der Waals surface area contributed by atoms with Crippen molar-refractivity contribution in [3.05, 3.63) is 195 Å². The molecule has 0 fully saturated rings. The monoisotopic (exact) mass is 746 g/mol. The first-order valence-corrected chi connectivity index (χ1v) is 19.4. The first-order valence-electron chi connectivity index (χ1n) is 19.4.